The molecule has 0 spiro atoms. The van der Waals surface area contributed by atoms with Gasteiger partial charge in [0.2, 0.25) is 0 Å². The van der Waals surface area contributed by atoms with Crippen molar-refractivity contribution in [2.75, 3.05) is 7.11 Å². The van der Waals surface area contributed by atoms with Crippen LogP contribution < -0.4 is 4.74 Å². The Morgan fingerprint density at radius 1 is 1.38 bits per heavy atom. The standard InChI is InChI=1S/C11H15BrO/c1-8(2)9-4-5-11(13-3)10(6-9)7-12/h4-6,8H,7H2,1-3H3. The highest BCUT2D eigenvalue weighted by Gasteiger charge is 2.04. The van der Waals surface area contributed by atoms with Crippen molar-refractivity contribution in [2.45, 2.75) is 25.1 Å². The van der Waals surface area contributed by atoms with Gasteiger partial charge in [-0.1, -0.05) is 41.9 Å². The number of rotatable bonds is 3. The number of halogens is 1. The van der Waals surface area contributed by atoms with E-state index in [1.54, 1.807) is 7.11 Å². The minimum Gasteiger partial charge on any atom is -0.496 e. The van der Waals surface area contributed by atoms with Crippen LogP contribution in [0.25, 0.3) is 0 Å². The van der Waals surface area contributed by atoms with E-state index in [0.717, 1.165) is 11.1 Å². The monoisotopic (exact) mass is 242 g/mol. The molecule has 72 valence electrons. The Morgan fingerprint density at radius 3 is 2.54 bits per heavy atom. The molecule has 1 aromatic rings. The van der Waals surface area contributed by atoms with E-state index in [0.29, 0.717) is 5.92 Å². The average Bonchev–Trinajstić information content (AvgIpc) is 2.16. The SMILES string of the molecule is COc1ccc(C(C)C)cc1CBr. The largest absolute Gasteiger partial charge is 0.496 e. The van der Waals surface area contributed by atoms with Gasteiger partial charge in [0, 0.05) is 10.9 Å². The summed E-state index contributed by atoms with van der Waals surface area (Å²) in [6.45, 7) is 4.39. The summed E-state index contributed by atoms with van der Waals surface area (Å²) in [6.07, 6.45) is 0. The number of methoxy groups -OCH3 is 1. The maximum Gasteiger partial charge on any atom is 0.122 e. The molecule has 1 rings (SSSR count). The average molecular weight is 243 g/mol. The molecule has 0 aromatic heterocycles. The molecule has 0 unspecified atom stereocenters. The summed E-state index contributed by atoms with van der Waals surface area (Å²) in [4.78, 5) is 0. The molecule has 1 aromatic carbocycles. The summed E-state index contributed by atoms with van der Waals surface area (Å²) in [5.74, 6) is 1.53. The van der Waals surface area contributed by atoms with Gasteiger partial charge in [-0.3, -0.25) is 0 Å². The molecule has 0 fully saturated rings. The topological polar surface area (TPSA) is 9.23 Å². The fourth-order valence-electron chi connectivity index (χ4n) is 1.26. The number of ether oxygens (including phenoxy) is 1. The Labute approximate surface area is 88.2 Å². The molecular weight excluding hydrogens is 228 g/mol. The van der Waals surface area contributed by atoms with E-state index in [2.05, 4.69) is 41.9 Å². The van der Waals surface area contributed by atoms with Crippen LogP contribution in [0.4, 0.5) is 0 Å². The first-order valence-electron chi connectivity index (χ1n) is 4.41. The van der Waals surface area contributed by atoms with Gasteiger partial charge in [-0.2, -0.15) is 0 Å². The van der Waals surface area contributed by atoms with Crippen LogP contribution in [0.1, 0.15) is 30.9 Å². The quantitative estimate of drug-likeness (QED) is 0.735. The third-order valence-electron chi connectivity index (χ3n) is 2.12. The summed E-state index contributed by atoms with van der Waals surface area (Å²) in [5.41, 5.74) is 2.57. The molecule has 0 atom stereocenters. The van der Waals surface area contributed by atoms with Crippen molar-refractivity contribution in [1.82, 2.24) is 0 Å². The number of hydrogen-bond acceptors (Lipinski definition) is 1. The Hall–Kier alpha value is -0.500. The van der Waals surface area contributed by atoms with E-state index in [4.69, 9.17) is 4.74 Å². The normalized spacial score (nSPS) is 10.5. The summed E-state index contributed by atoms with van der Waals surface area (Å²) in [6, 6.07) is 6.35. The van der Waals surface area contributed by atoms with E-state index in [-0.39, 0.29) is 0 Å². The van der Waals surface area contributed by atoms with Gasteiger partial charge in [-0.05, 0) is 17.5 Å². The molecule has 0 heterocycles. The molecule has 0 N–H and O–H groups in total. The molecule has 13 heavy (non-hydrogen) atoms. The van der Waals surface area contributed by atoms with Crippen LogP contribution >= 0.6 is 15.9 Å². The zero-order valence-corrected chi connectivity index (χ0v) is 9.89. The fourth-order valence-corrected chi connectivity index (χ4v) is 1.70. The van der Waals surface area contributed by atoms with E-state index < -0.39 is 0 Å². The highest BCUT2D eigenvalue weighted by Crippen LogP contribution is 2.25. The van der Waals surface area contributed by atoms with E-state index in [1.807, 2.05) is 6.07 Å². The van der Waals surface area contributed by atoms with Gasteiger partial charge in [0.25, 0.3) is 0 Å². The Kier molecular flexibility index (Phi) is 3.79. The van der Waals surface area contributed by atoms with Gasteiger partial charge in [0.05, 0.1) is 7.11 Å². The maximum absolute atomic E-state index is 5.24. The lowest BCUT2D eigenvalue weighted by atomic mass is 10.0. The van der Waals surface area contributed by atoms with Gasteiger partial charge in [-0.25, -0.2) is 0 Å². The minimum atomic E-state index is 0.573. The molecule has 2 heteroatoms. The van der Waals surface area contributed by atoms with Crippen LogP contribution in [-0.2, 0) is 5.33 Å². The third-order valence-corrected chi connectivity index (χ3v) is 2.72. The summed E-state index contributed by atoms with van der Waals surface area (Å²) >= 11 is 3.45. The van der Waals surface area contributed by atoms with Crippen LogP contribution in [0, 0.1) is 0 Å². The Bertz CT molecular complexity index is 281. The Balaban J connectivity index is 3.05. The van der Waals surface area contributed by atoms with Crippen LogP contribution in [0.3, 0.4) is 0 Å². The lowest BCUT2D eigenvalue weighted by molar-refractivity contribution is 0.411. The van der Waals surface area contributed by atoms with Gasteiger partial charge < -0.3 is 4.74 Å². The van der Waals surface area contributed by atoms with E-state index in [9.17, 15) is 0 Å². The Morgan fingerprint density at radius 2 is 2.08 bits per heavy atom. The van der Waals surface area contributed by atoms with Crippen LogP contribution in [-0.4, -0.2) is 7.11 Å². The zero-order valence-electron chi connectivity index (χ0n) is 8.30. The molecule has 0 bridgehead atoms. The molecule has 1 nitrogen and oxygen atoms in total. The first-order valence-corrected chi connectivity index (χ1v) is 5.54. The lowest BCUT2D eigenvalue weighted by Crippen LogP contribution is -1.93. The van der Waals surface area contributed by atoms with Crippen molar-refractivity contribution in [2.24, 2.45) is 0 Å². The van der Waals surface area contributed by atoms with Crippen LogP contribution in [0.2, 0.25) is 0 Å². The van der Waals surface area contributed by atoms with Crippen LogP contribution in [0.5, 0.6) is 5.75 Å². The van der Waals surface area contributed by atoms with Crippen molar-refractivity contribution in [1.29, 1.82) is 0 Å². The molecule has 0 aliphatic rings. The van der Waals surface area contributed by atoms with Gasteiger partial charge in [0.1, 0.15) is 5.75 Å². The molecule has 0 amide bonds. The summed E-state index contributed by atoms with van der Waals surface area (Å²) < 4.78 is 5.24. The van der Waals surface area contributed by atoms with E-state index in [1.165, 1.54) is 11.1 Å². The molecule has 0 saturated heterocycles. The van der Waals surface area contributed by atoms with Gasteiger partial charge in [0.15, 0.2) is 0 Å². The van der Waals surface area contributed by atoms with Gasteiger partial charge >= 0.3 is 0 Å². The predicted octanol–water partition coefficient (Wildman–Crippen LogP) is 3.71. The van der Waals surface area contributed by atoms with Crippen LogP contribution in [0.15, 0.2) is 18.2 Å². The van der Waals surface area contributed by atoms with Gasteiger partial charge in [-0.15, -0.1) is 0 Å². The molecule has 0 aliphatic carbocycles. The third kappa shape index (κ3) is 2.47. The lowest BCUT2D eigenvalue weighted by Gasteiger charge is -2.10. The smallest absolute Gasteiger partial charge is 0.122 e. The first-order chi connectivity index (χ1) is 6.19. The fraction of sp³-hybridized carbons (Fsp3) is 0.455. The van der Waals surface area contributed by atoms with Crippen molar-refractivity contribution in [3.63, 3.8) is 0 Å². The molecule has 0 saturated carbocycles. The second-order valence-corrected chi connectivity index (χ2v) is 3.92. The van der Waals surface area contributed by atoms with Crippen molar-refractivity contribution < 1.29 is 4.74 Å². The van der Waals surface area contributed by atoms with Crippen molar-refractivity contribution in [3.05, 3.63) is 29.3 Å². The number of benzene rings is 1. The summed E-state index contributed by atoms with van der Waals surface area (Å²) in [7, 11) is 1.70. The van der Waals surface area contributed by atoms with Crippen molar-refractivity contribution in [3.8, 4) is 5.75 Å². The highest BCUT2D eigenvalue weighted by molar-refractivity contribution is 9.08. The van der Waals surface area contributed by atoms with E-state index >= 15 is 0 Å². The minimum absolute atomic E-state index is 0.573. The zero-order chi connectivity index (χ0) is 9.84. The molecular formula is C11H15BrO. The number of alkyl halides is 1. The first kappa shape index (κ1) is 10.6. The maximum atomic E-state index is 5.24. The summed E-state index contributed by atoms with van der Waals surface area (Å²) in [5, 5.41) is 0.844. The highest BCUT2D eigenvalue weighted by atomic mass is 79.9. The number of hydrogen-bond donors (Lipinski definition) is 0. The second-order valence-electron chi connectivity index (χ2n) is 3.36. The predicted molar refractivity (Wildman–Crippen MR) is 59.7 cm³/mol. The molecule has 0 radical (unpaired) electrons. The molecule has 0 aliphatic heterocycles. The second kappa shape index (κ2) is 4.66. The van der Waals surface area contributed by atoms with Crippen molar-refractivity contribution >= 4 is 15.9 Å².